The van der Waals surface area contributed by atoms with Gasteiger partial charge in [-0.25, -0.2) is 0 Å². The molecule has 0 bridgehead atoms. The number of rotatable bonds is 1. The zero-order chi connectivity index (χ0) is 16.4. The van der Waals surface area contributed by atoms with E-state index in [1.165, 1.54) is 43.1 Å². The first kappa shape index (κ1) is 13.4. The average Bonchev–Trinajstić information content (AvgIpc) is 2.59. The maximum absolute atomic E-state index is 6.65. The van der Waals surface area contributed by atoms with Crippen LogP contribution in [0.15, 0.2) is 60.7 Å². The smallest absolute Gasteiger partial charge is 0.0638 e. The van der Waals surface area contributed by atoms with Crippen molar-refractivity contribution in [1.82, 2.24) is 0 Å². The molecule has 2 nitrogen and oxygen atoms in total. The lowest BCUT2D eigenvalue weighted by molar-refractivity contribution is 1.14. The maximum Gasteiger partial charge on any atom is 0.0638 e. The van der Waals surface area contributed by atoms with Crippen molar-refractivity contribution in [3.05, 3.63) is 60.7 Å². The molecule has 5 rings (SSSR count). The lowest BCUT2D eigenvalue weighted by Crippen LogP contribution is -2.11. The quantitative estimate of drug-likeness (QED) is 0.256. The monoisotopic (exact) mass is 310 g/mol. The van der Waals surface area contributed by atoms with Gasteiger partial charge in [0, 0.05) is 19.5 Å². The van der Waals surface area contributed by atoms with Gasteiger partial charge in [0.25, 0.3) is 0 Å². The number of anilines is 2. The number of nitrogens with zero attached hydrogens (tertiary/aromatic N) is 1. The summed E-state index contributed by atoms with van der Waals surface area (Å²) in [5.74, 6) is 0. The summed E-state index contributed by atoms with van der Waals surface area (Å²) in [6.45, 7) is 0. The summed E-state index contributed by atoms with van der Waals surface area (Å²) in [6, 6.07) is 21.8. The van der Waals surface area contributed by atoms with Gasteiger partial charge in [0.05, 0.1) is 11.4 Å². The SMILES string of the molecule is CN(C)c1cc2cccc3c4cccc5cccc(c(c1N)c23)c54. The predicted molar refractivity (Wildman–Crippen MR) is 106 cm³/mol. The molecule has 0 fully saturated rings. The van der Waals surface area contributed by atoms with Crippen molar-refractivity contribution in [2.45, 2.75) is 0 Å². The third-order valence-electron chi connectivity index (χ3n) is 5.13. The van der Waals surface area contributed by atoms with Gasteiger partial charge in [-0.15, -0.1) is 0 Å². The summed E-state index contributed by atoms with van der Waals surface area (Å²) in [7, 11) is 4.09. The van der Waals surface area contributed by atoms with Gasteiger partial charge in [0.1, 0.15) is 0 Å². The van der Waals surface area contributed by atoms with Gasteiger partial charge in [-0.3, -0.25) is 0 Å². The van der Waals surface area contributed by atoms with Crippen molar-refractivity contribution in [3.63, 3.8) is 0 Å². The Balaban J connectivity index is 2.22. The van der Waals surface area contributed by atoms with Crippen LogP contribution in [-0.2, 0) is 0 Å². The summed E-state index contributed by atoms with van der Waals surface area (Å²) in [6.07, 6.45) is 0. The van der Waals surface area contributed by atoms with E-state index in [0.29, 0.717) is 0 Å². The van der Waals surface area contributed by atoms with Crippen LogP contribution in [0.25, 0.3) is 43.1 Å². The molecule has 2 heteroatoms. The van der Waals surface area contributed by atoms with Gasteiger partial charge >= 0.3 is 0 Å². The van der Waals surface area contributed by atoms with Gasteiger partial charge in [-0.05, 0) is 43.8 Å². The molecule has 5 aromatic rings. The third kappa shape index (κ3) is 1.55. The lowest BCUT2D eigenvalue weighted by atomic mass is 9.88. The number of hydrogen-bond acceptors (Lipinski definition) is 2. The van der Waals surface area contributed by atoms with Crippen LogP contribution >= 0.6 is 0 Å². The van der Waals surface area contributed by atoms with Crippen LogP contribution in [0, 0.1) is 0 Å². The Hall–Kier alpha value is -3.00. The van der Waals surface area contributed by atoms with E-state index >= 15 is 0 Å². The summed E-state index contributed by atoms with van der Waals surface area (Å²) < 4.78 is 0. The van der Waals surface area contributed by atoms with Crippen molar-refractivity contribution >= 4 is 54.5 Å². The van der Waals surface area contributed by atoms with E-state index < -0.39 is 0 Å². The van der Waals surface area contributed by atoms with E-state index in [1.54, 1.807) is 0 Å². The van der Waals surface area contributed by atoms with Crippen LogP contribution in [0.3, 0.4) is 0 Å². The lowest BCUT2D eigenvalue weighted by Gasteiger charge is -2.21. The summed E-state index contributed by atoms with van der Waals surface area (Å²) >= 11 is 0. The molecule has 24 heavy (non-hydrogen) atoms. The van der Waals surface area contributed by atoms with Crippen molar-refractivity contribution in [2.24, 2.45) is 0 Å². The fourth-order valence-corrected chi connectivity index (χ4v) is 4.11. The van der Waals surface area contributed by atoms with E-state index in [2.05, 4.69) is 65.6 Å². The molecule has 0 heterocycles. The van der Waals surface area contributed by atoms with Crippen molar-refractivity contribution < 1.29 is 0 Å². The molecule has 0 aliphatic heterocycles. The highest BCUT2D eigenvalue weighted by atomic mass is 15.1. The molecule has 0 spiro atoms. The average molecular weight is 310 g/mol. The van der Waals surface area contributed by atoms with Crippen LogP contribution in [0.4, 0.5) is 11.4 Å². The summed E-state index contributed by atoms with van der Waals surface area (Å²) in [4.78, 5) is 2.10. The molecular weight excluding hydrogens is 292 g/mol. The Labute approximate surface area is 140 Å². The van der Waals surface area contributed by atoms with Crippen LogP contribution in [-0.4, -0.2) is 14.1 Å². The highest BCUT2D eigenvalue weighted by Crippen LogP contribution is 2.45. The van der Waals surface area contributed by atoms with Crippen molar-refractivity contribution in [3.8, 4) is 0 Å². The molecule has 0 radical (unpaired) electrons. The van der Waals surface area contributed by atoms with Gasteiger partial charge < -0.3 is 10.6 Å². The van der Waals surface area contributed by atoms with E-state index in [0.717, 1.165) is 11.4 Å². The molecule has 2 N–H and O–H groups in total. The molecule has 0 saturated carbocycles. The van der Waals surface area contributed by atoms with E-state index in [4.69, 9.17) is 5.73 Å². The minimum absolute atomic E-state index is 0.863. The molecule has 0 aromatic heterocycles. The van der Waals surface area contributed by atoms with Crippen LogP contribution < -0.4 is 10.6 Å². The topological polar surface area (TPSA) is 29.3 Å². The predicted octanol–water partition coefficient (Wildman–Crippen LogP) is 5.39. The highest BCUT2D eigenvalue weighted by molar-refractivity contribution is 6.36. The van der Waals surface area contributed by atoms with E-state index in [9.17, 15) is 0 Å². The van der Waals surface area contributed by atoms with Crippen molar-refractivity contribution in [1.29, 1.82) is 0 Å². The minimum Gasteiger partial charge on any atom is -0.397 e. The Morgan fingerprint density at radius 3 is 1.92 bits per heavy atom. The molecule has 0 aliphatic carbocycles. The first-order valence-corrected chi connectivity index (χ1v) is 8.22. The Morgan fingerprint density at radius 1 is 0.667 bits per heavy atom. The molecule has 0 aliphatic rings. The second kappa shape index (κ2) is 4.51. The van der Waals surface area contributed by atoms with E-state index in [1.807, 2.05) is 14.1 Å². The first-order chi connectivity index (χ1) is 11.7. The van der Waals surface area contributed by atoms with Gasteiger partial charge in [-0.2, -0.15) is 0 Å². The molecule has 0 amide bonds. The number of hydrogen-bond donors (Lipinski definition) is 1. The van der Waals surface area contributed by atoms with Crippen molar-refractivity contribution in [2.75, 3.05) is 24.7 Å². The second-order valence-electron chi connectivity index (χ2n) is 6.69. The molecule has 0 atom stereocenters. The Kier molecular flexibility index (Phi) is 2.53. The number of benzene rings is 5. The maximum atomic E-state index is 6.65. The fraction of sp³-hybridized carbons (Fsp3) is 0.0909. The zero-order valence-corrected chi connectivity index (χ0v) is 13.8. The summed E-state index contributed by atoms with van der Waals surface area (Å²) in [5.41, 5.74) is 8.59. The Morgan fingerprint density at radius 2 is 1.25 bits per heavy atom. The van der Waals surface area contributed by atoms with Crippen LogP contribution in [0.2, 0.25) is 0 Å². The largest absolute Gasteiger partial charge is 0.397 e. The molecule has 116 valence electrons. The van der Waals surface area contributed by atoms with Gasteiger partial charge in [-0.1, -0.05) is 54.6 Å². The molecular formula is C22H18N2. The second-order valence-corrected chi connectivity index (χ2v) is 6.69. The van der Waals surface area contributed by atoms with Crippen LogP contribution in [0.1, 0.15) is 0 Å². The van der Waals surface area contributed by atoms with E-state index in [-0.39, 0.29) is 0 Å². The minimum atomic E-state index is 0.863. The first-order valence-electron chi connectivity index (χ1n) is 8.22. The number of fused-ring (bicyclic) bond motifs is 2. The van der Waals surface area contributed by atoms with Crippen LogP contribution in [0.5, 0.6) is 0 Å². The summed E-state index contributed by atoms with van der Waals surface area (Å²) in [5, 5.41) is 10.1. The zero-order valence-electron chi connectivity index (χ0n) is 13.8. The van der Waals surface area contributed by atoms with Gasteiger partial charge in [0.2, 0.25) is 0 Å². The molecule has 5 aromatic carbocycles. The molecule has 0 saturated heterocycles. The van der Waals surface area contributed by atoms with Gasteiger partial charge in [0.15, 0.2) is 0 Å². The fourth-order valence-electron chi connectivity index (χ4n) is 4.11. The Bertz CT molecular complexity index is 1230. The normalized spacial score (nSPS) is 11.9. The number of nitrogens with two attached hydrogens (primary N) is 1. The number of nitrogen functional groups attached to an aromatic ring is 1. The standard InChI is InChI=1S/C22H18N2/c1-24(2)18-12-14-8-5-10-16-15-9-3-6-13-7-4-11-17(19(13)15)21(20(14)16)22(18)23/h3-12H,23H2,1-2H3. The third-order valence-corrected chi connectivity index (χ3v) is 5.13. The highest BCUT2D eigenvalue weighted by Gasteiger charge is 2.17. The molecule has 0 unspecified atom stereocenters.